The molecule has 0 heterocycles. The predicted molar refractivity (Wildman–Crippen MR) is 64.1 cm³/mol. The molecular weight excluding hydrogens is 202 g/mol. The Hall–Kier alpha value is -1.35. The molecule has 0 radical (unpaired) electrons. The molecule has 0 fully saturated rings. The van der Waals surface area contributed by atoms with Crippen LogP contribution in [0.1, 0.15) is 25.3 Å². The fraction of sp³-hybridized carbons (Fsp3) is 0.462. The minimum atomic E-state index is -0.179. The quantitative estimate of drug-likeness (QED) is 0.765. The lowest BCUT2D eigenvalue weighted by Crippen LogP contribution is -2.38. The van der Waals surface area contributed by atoms with Gasteiger partial charge >= 0.3 is 0 Å². The Balaban J connectivity index is 2.46. The van der Waals surface area contributed by atoms with Crippen LogP contribution >= 0.6 is 0 Å². The molecule has 0 aromatic heterocycles. The maximum atomic E-state index is 11.4. The van der Waals surface area contributed by atoms with Crippen molar-refractivity contribution in [2.45, 2.75) is 32.2 Å². The van der Waals surface area contributed by atoms with Gasteiger partial charge in [0.1, 0.15) is 0 Å². The number of hydrogen-bond acceptors (Lipinski definition) is 2. The van der Waals surface area contributed by atoms with E-state index in [1.54, 1.807) is 0 Å². The Morgan fingerprint density at radius 2 is 2.06 bits per heavy atom. The number of aliphatic hydroxyl groups excluding tert-OH is 1. The third kappa shape index (κ3) is 4.45. The van der Waals surface area contributed by atoms with Gasteiger partial charge in [-0.25, -0.2) is 0 Å². The molecule has 3 heteroatoms. The fourth-order valence-electron chi connectivity index (χ4n) is 1.59. The summed E-state index contributed by atoms with van der Waals surface area (Å²) in [6.07, 6.45) is 2.02. The second kappa shape index (κ2) is 7.01. The van der Waals surface area contributed by atoms with E-state index in [2.05, 4.69) is 5.32 Å². The van der Waals surface area contributed by atoms with E-state index in [0.29, 0.717) is 12.8 Å². The molecule has 0 saturated heterocycles. The molecule has 3 nitrogen and oxygen atoms in total. The van der Waals surface area contributed by atoms with Crippen LogP contribution in [0, 0.1) is 0 Å². The van der Waals surface area contributed by atoms with Crippen LogP contribution in [-0.4, -0.2) is 23.7 Å². The van der Waals surface area contributed by atoms with Crippen LogP contribution in [0.25, 0.3) is 0 Å². The first-order chi connectivity index (χ1) is 7.76. The van der Waals surface area contributed by atoms with Crippen molar-refractivity contribution in [2.24, 2.45) is 0 Å². The molecule has 0 aliphatic carbocycles. The van der Waals surface area contributed by atoms with Gasteiger partial charge in [0.05, 0.1) is 12.6 Å². The van der Waals surface area contributed by atoms with Crippen molar-refractivity contribution in [1.29, 1.82) is 0 Å². The lowest BCUT2D eigenvalue weighted by molar-refractivity contribution is -0.122. The highest BCUT2D eigenvalue weighted by molar-refractivity contribution is 5.76. The molecule has 0 aliphatic rings. The highest BCUT2D eigenvalue weighted by Crippen LogP contribution is 2.03. The molecule has 0 spiro atoms. The van der Waals surface area contributed by atoms with Crippen molar-refractivity contribution >= 4 is 5.91 Å². The molecule has 0 bridgehead atoms. The SMILES string of the molecule is CCCC(=O)N[C@@H](CO)Cc1ccccc1. The summed E-state index contributed by atoms with van der Waals surface area (Å²) >= 11 is 0. The largest absolute Gasteiger partial charge is 0.394 e. The Labute approximate surface area is 96.5 Å². The van der Waals surface area contributed by atoms with Gasteiger partial charge in [-0.1, -0.05) is 37.3 Å². The summed E-state index contributed by atoms with van der Waals surface area (Å²) in [6.45, 7) is 1.94. The number of aliphatic hydroxyl groups is 1. The van der Waals surface area contributed by atoms with Crippen molar-refractivity contribution in [3.05, 3.63) is 35.9 Å². The lowest BCUT2D eigenvalue weighted by atomic mass is 10.1. The molecule has 1 amide bonds. The normalized spacial score (nSPS) is 12.1. The number of rotatable bonds is 6. The summed E-state index contributed by atoms with van der Waals surface area (Å²) in [5.41, 5.74) is 1.12. The van der Waals surface area contributed by atoms with E-state index < -0.39 is 0 Å². The second-order valence-electron chi connectivity index (χ2n) is 3.89. The topological polar surface area (TPSA) is 49.3 Å². The second-order valence-corrected chi connectivity index (χ2v) is 3.89. The van der Waals surface area contributed by atoms with Gasteiger partial charge < -0.3 is 10.4 Å². The summed E-state index contributed by atoms with van der Waals surface area (Å²) in [6, 6.07) is 9.67. The molecule has 88 valence electrons. The zero-order valence-electron chi connectivity index (χ0n) is 9.65. The van der Waals surface area contributed by atoms with E-state index in [1.165, 1.54) is 0 Å². The van der Waals surface area contributed by atoms with Crippen molar-refractivity contribution < 1.29 is 9.90 Å². The highest BCUT2D eigenvalue weighted by atomic mass is 16.3. The summed E-state index contributed by atoms with van der Waals surface area (Å²) in [4.78, 5) is 11.4. The summed E-state index contributed by atoms with van der Waals surface area (Å²) in [5, 5.41) is 12.0. The van der Waals surface area contributed by atoms with Gasteiger partial charge in [0, 0.05) is 6.42 Å². The maximum absolute atomic E-state index is 11.4. The average molecular weight is 221 g/mol. The molecule has 1 aromatic carbocycles. The summed E-state index contributed by atoms with van der Waals surface area (Å²) < 4.78 is 0. The van der Waals surface area contributed by atoms with E-state index >= 15 is 0 Å². The third-order valence-electron chi connectivity index (χ3n) is 2.39. The number of carbonyl (C=O) groups excluding carboxylic acids is 1. The van der Waals surface area contributed by atoms with Crippen LogP contribution in [0.3, 0.4) is 0 Å². The van der Waals surface area contributed by atoms with E-state index in [1.807, 2.05) is 37.3 Å². The zero-order chi connectivity index (χ0) is 11.8. The smallest absolute Gasteiger partial charge is 0.220 e. The summed E-state index contributed by atoms with van der Waals surface area (Å²) in [5.74, 6) is 0.0116. The molecule has 16 heavy (non-hydrogen) atoms. The van der Waals surface area contributed by atoms with Gasteiger partial charge in [0.25, 0.3) is 0 Å². The Morgan fingerprint density at radius 1 is 1.38 bits per heavy atom. The fourth-order valence-corrected chi connectivity index (χ4v) is 1.59. The molecule has 1 rings (SSSR count). The molecule has 1 aromatic rings. The van der Waals surface area contributed by atoms with E-state index in [0.717, 1.165) is 12.0 Å². The van der Waals surface area contributed by atoms with Gasteiger partial charge in [-0.3, -0.25) is 4.79 Å². The van der Waals surface area contributed by atoms with Gasteiger partial charge in [-0.2, -0.15) is 0 Å². The van der Waals surface area contributed by atoms with Crippen molar-refractivity contribution in [3.63, 3.8) is 0 Å². The van der Waals surface area contributed by atoms with Crippen LogP contribution in [0.15, 0.2) is 30.3 Å². The standard InChI is InChI=1S/C13H19NO2/c1-2-6-13(16)14-12(10-15)9-11-7-4-3-5-8-11/h3-5,7-8,12,15H,2,6,9-10H2,1H3,(H,14,16)/t12-/m1/s1. The first-order valence-electron chi connectivity index (χ1n) is 5.70. The molecule has 1 atom stereocenters. The van der Waals surface area contributed by atoms with Crippen molar-refractivity contribution in [2.75, 3.05) is 6.61 Å². The van der Waals surface area contributed by atoms with Crippen LogP contribution in [0.5, 0.6) is 0 Å². The first kappa shape index (κ1) is 12.7. The lowest BCUT2D eigenvalue weighted by Gasteiger charge is -2.16. The number of amides is 1. The first-order valence-corrected chi connectivity index (χ1v) is 5.70. The van der Waals surface area contributed by atoms with Gasteiger partial charge in [-0.05, 0) is 18.4 Å². The van der Waals surface area contributed by atoms with Crippen LogP contribution in [0.4, 0.5) is 0 Å². The monoisotopic (exact) mass is 221 g/mol. The zero-order valence-corrected chi connectivity index (χ0v) is 9.65. The Bertz CT molecular complexity index is 311. The van der Waals surface area contributed by atoms with Crippen molar-refractivity contribution in [1.82, 2.24) is 5.32 Å². The molecule has 0 aliphatic heterocycles. The average Bonchev–Trinajstić information content (AvgIpc) is 2.30. The maximum Gasteiger partial charge on any atom is 0.220 e. The van der Waals surface area contributed by atoms with Gasteiger partial charge in [0.2, 0.25) is 5.91 Å². The van der Waals surface area contributed by atoms with Crippen molar-refractivity contribution in [3.8, 4) is 0 Å². The van der Waals surface area contributed by atoms with Crippen LogP contribution < -0.4 is 5.32 Å². The minimum absolute atomic E-state index is 0.0116. The molecular formula is C13H19NO2. The van der Waals surface area contributed by atoms with E-state index in [9.17, 15) is 9.90 Å². The molecule has 0 unspecified atom stereocenters. The molecule has 2 N–H and O–H groups in total. The number of hydrogen-bond donors (Lipinski definition) is 2. The predicted octanol–water partition coefficient (Wildman–Crippen LogP) is 1.51. The van der Waals surface area contributed by atoms with E-state index in [4.69, 9.17) is 0 Å². The van der Waals surface area contributed by atoms with Gasteiger partial charge in [-0.15, -0.1) is 0 Å². The van der Waals surface area contributed by atoms with Crippen LogP contribution in [-0.2, 0) is 11.2 Å². The molecule has 0 saturated carbocycles. The van der Waals surface area contributed by atoms with E-state index in [-0.39, 0.29) is 18.6 Å². The number of nitrogens with one attached hydrogen (secondary N) is 1. The number of carbonyl (C=O) groups is 1. The van der Waals surface area contributed by atoms with Gasteiger partial charge in [0.15, 0.2) is 0 Å². The Kier molecular flexibility index (Phi) is 5.57. The third-order valence-corrected chi connectivity index (χ3v) is 2.39. The van der Waals surface area contributed by atoms with Crippen LogP contribution in [0.2, 0.25) is 0 Å². The number of benzene rings is 1. The highest BCUT2D eigenvalue weighted by Gasteiger charge is 2.10. The minimum Gasteiger partial charge on any atom is -0.394 e. The Morgan fingerprint density at radius 3 is 2.62 bits per heavy atom. The summed E-state index contributed by atoms with van der Waals surface area (Å²) in [7, 11) is 0.